The van der Waals surface area contributed by atoms with E-state index in [1.54, 1.807) is 17.0 Å². The highest BCUT2D eigenvalue weighted by Crippen LogP contribution is 2.22. The Labute approximate surface area is 148 Å². The number of carbonyl (C=O) groups is 1. The molecule has 0 atom stereocenters. The van der Waals surface area contributed by atoms with Gasteiger partial charge in [0, 0.05) is 31.9 Å². The van der Waals surface area contributed by atoms with Gasteiger partial charge in [0.2, 0.25) is 15.9 Å². The van der Waals surface area contributed by atoms with Gasteiger partial charge in [-0.2, -0.15) is 4.31 Å². The number of piperazine rings is 1. The predicted octanol–water partition coefficient (Wildman–Crippen LogP) is 2.06. The molecule has 1 aliphatic rings. The third-order valence-corrected chi connectivity index (χ3v) is 6.98. The van der Waals surface area contributed by atoms with Crippen molar-refractivity contribution in [3.63, 3.8) is 0 Å². The van der Waals surface area contributed by atoms with E-state index in [-0.39, 0.29) is 5.91 Å². The lowest BCUT2D eigenvalue weighted by Gasteiger charge is -2.34. The van der Waals surface area contributed by atoms with Crippen LogP contribution < -0.4 is 0 Å². The summed E-state index contributed by atoms with van der Waals surface area (Å²) in [5.74, 6) is 1.22. The topological polar surface area (TPSA) is 57.7 Å². The van der Waals surface area contributed by atoms with Crippen molar-refractivity contribution in [2.24, 2.45) is 0 Å². The molecule has 1 amide bonds. The average Bonchev–Trinajstić information content (AvgIpc) is 2.54. The molecule has 0 aromatic heterocycles. The summed E-state index contributed by atoms with van der Waals surface area (Å²) in [5, 5.41) is 0. The second-order valence-electron chi connectivity index (χ2n) is 5.86. The molecule has 1 fully saturated rings. The van der Waals surface area contributed by atoms with Gasteiger partial charge in [0.1, 0.15) is 0 Å². The number of benzene rings is 1. The second-order valence-corrected chi connectivity index (χ2v) is 8.79. The highest BCUT2D eigenvalue weighted by atomic mass is 32.2. The first-order valence-corrected chi connectivity index (χ1v) is 10.5. The van der Waals surface area contributed by atoms with Gasteiger partial charge in [-0.1, -0.05) is 23.8 Å². The van der Waals surface area contributed by atoms with Gasteiger partial charge in [-0.25, -0.2) is 8.42 Å². The lowest BCUT2D eigenvalue weighted by molar-refractivity contribution is -0.129. The maximum absolute atomic E-state index is 12.8. The SMILES string of the molecule is C=CCSCC(=O)N1CCN(S(=O)(=O)c2ccc(C)cc2C)CC1. The van der Waals surface area contributed by atoms with Gasteiger partial charge in [0.05, 0.1) is 10.6 Å². The van der Waals surface area contributed by atoms with Crippen LogP contribution in [0.2, 0.25) is 0 Å². The maximum atomic E-state index is 12.8. The molecule has 0 N–H and O–H groups in total. The molecule has 132 valence electrons. The molecular weight excluding hydrogens is 344 g/mol. The van der Waals surface area contributed by atoms with Crippen molar-refractivity contribution in [3.8, 4) is 0 Å². The van der Waals surface area contributed by atoms with E-state index in [2.05, 4.69) is 6.58 Å². The van der Waals surface area contributed by atoms with Gasteiger partial charge in [-0.15, -0.1) is 18.3 Å². The van der Waals surface area contributed by atoms with Crippen LogP contribution in [0.5, 0.6) is 0 Å². The molecule has 0 aliphatic carbocycles. The number of rotatable bonds is 6. The van der Waals surface area contributed by atoms with Crippen LogP contribution in [0.3, 0.4) is 0 Å². The fourth-order valence-electron chi connectivity index (χ4n) is 2.73. The van der Waals surface area contributed by atoms with Crippen molar-refractivity contribution in [1.29, 1.82) is 0 Å². The smallest absolute Gasteiger partial charge is 0.243 e. The van der Waals surface area contributed by atoms with Gasteiger partial charge in [-0.05, 0) is 25.5 Å². The van der Waals surface area contributed by atoms with E-state index < -0.39 is 10.0 Å². The van der Waals surface area contributed by atoms with Crippen LogP contribution in [-0.4, -0.2) is 61.2 Å². The summed E-state index contributed by atoms with van der Waals surface area (Å²) in [6.07, 6.45) is 1.77. The van der Waals surface area contributed by atoms with Gasteiger partial charge in [0.15, 0.2) is 0 Å². The Morgan fingerprint density at radius 3 is 2.50 bits per heavy atom. The van der Waals surface area contributed by atoms with E-state index in [0.717, 1.165) is 16.9 Å². The molecule has 1 aromatic rings. The zero-order valence-corrected chi connectivity index (χ0v) is 15.8. The Morgan fingerprint density at radius 2 is 1.92 bits per heavy atom. The van der Waals surface area contributed by atoms with E-state index in [1.807, 2.05) is 26.0 Å². The number of carbonyl (C=O) groups excluding carboxylic acids is 1. The third-order valence-electron chi connectivity index (χ3n) is 4.00. The number of sulfonamides is 1. The van der Waals surface area contributed by atoms with E-state index in [1.165, 1.54) is 16.1 Å². The van der Waals surface area contributed by atoms with Crippen LogP contribution in [0, 0.1) is 13.8 Å². The van der Waals surface area contributed by atoms with Crippen LogP contribution in [0.15, 0.2) is 35.7 Å². The summed E-state index contributed by atoms with van der Waals surface area (Å²) >= 11 is 1.52. The van der Waals surface area contributed by atoms with Crippen molar-refractivity contribution in [3.05, 3.63) is 42.0 Å². The third kappa shape index (κ3) is 4.40. The number of thioether (sulfide) groups is 1. The van der Waals surface area contributed by atoms with Crippen LogP contribution in [0.4, 0.5) is 0 Å². The number of aryl methyl sites for hydroxylation is 2. The van der Waals surface area contributed by atoms with Crippen molar-refractivity contribution in [2.45, 2.75) is 18.7 Å². The highest BCUT2D eigenvalue weighted by Gasteiger charge is 2.30. The summed E-state index contributed by atoms with van der Waals surface area (Å²) in [4.78, 5) is 14.2. The summed E-state index contributed by atoms with van der Waals surface area (Å²) in [6, 6.07) is 5.36. The fraction of sp³-hybridized carbons (Fsp3) is 0.471. The molecule has 1 aliphatic heterocycles. The first-order chi connectivity index (χ1) is 11.4. The lowest BCUT2D eigenvalue weighted by atomic mass is 10.2. The molecule has 0 saturated carbocycles. The standard InChI is InChI=1S/C17H24N2O3S2/c1-4-11-23-13-17(20)18-7-9-19(10-8-18)24(21,22)16-6-5-14(2)12-15(16)3/h4-6,12H,1,7-11,13H2,2-3H3. The predicted molar refractivity (Wildman–Crippen MR) is 98.8 cm³/mol. The molecular formula is C17H24N2O3S2. The quantitative estimate of drug-likeness (QED) is 0.570. The minimum atomic E-state index is -3.50. The van der Waals surface area contributed by atoms with E-state index in [9.17, 15) is 13.2 Å². The van der Waals surface area contributed by atoms with Gasteiger partial charge < -0.3 is 4.90 Å². The minimum absolute atomic E-state index is 0.0606. The number of amides is 1. The van der Waals surface area contributed by atoms with Crippen molar-refractivity contribution >= 4 is 27.7 Å². The van der Waals surface area contributed by atoms with Crippen LogP contribution in [0.1, 0.15) is 11.1 Å². The Balaban J connectivity index is 2.00. The van der Waals surface area contributed by atoms with E-state index >= 15 is 0 Å². The summed E-state index contributed by atoms with van der Waals surface area (Å²) in [7, 11) is -3.50. The molecule has 24 heavy (non-hydrogen) atoms. The monoisotopic (exact) mass is 368 g/mol. The molecule has 0 unspecified atom stereocenters. The average molecular weight is 369 g/mol. The zero-order chi connectivity index (χ0) is 17.7. The molecule has 7 heteroatoms. The number of nitrogens with zero attached hydrogens (tertiary/aromatic N) is 2. The zero-order valence-electron chi connectivity index (χ0n) is 14.2. The molecule has 2 rings (SSSR count). The molecule has 1 aromatic carbocycles. The molecule has 1 saturated heterocycles. The Kier molecular flexibility index (Phi) is 6.48. The number of hydrogen-bond acceptors (Lipinski definition) is 4. The van der Waals surface area contributed by atoms with Crippen LogP contribution in [-0.2, 0) is 14.8 Å². The second kappa shape index (κ2) is 8.18. The Morgan fingerprint density at radius 1 is 1.25 bits per heavy atom. The summed E-state index contributed by atoms with van der Waals surface area (Å²) < 4.78 is 27.1. The van der Waals surface area contributed by atoms with Crippen molar-refractivity contribution in [2.75, 3.05) is 37.7 Å². The lowest BCUT2D eigenvalue weighted by Crippen LogP contribution is -2.51. The Hall–Kier alpha value is -1.31. The van der Waals surface area contributed by atoms with Gasteiger partial charge in [0.25, 0.3) is 0 Å². The summed E-state index contributed by atoms with van der Waals surface area (Å²) in [5.41, 5.74) is 1.80. The van der Waals surface area contributed by atoms with Gasteiger partial charge in [-0.3, -0.25) is 4.79 Å². The van der Waals surface area contributed by atoms with Crippen molar-refractivity contribution in [1.82, 2.24) is 9.21 Å². The molecule has 0 spiro atoms. The molecule has 1 heterocycles. The first-order valence-electron chi connectivity index (χ1n) is 7.90. The number of hydrogen-bond donors (Lipinski definition) is 0. The first kappa shape index (κ1) is 19.0. The van der Waals surface area contributed by atoms with Crippen LogP contribution >= 0.6 is 11.8 Å². The molecule has 0 bridgehead atoms. The largest absolute Gasteiger partial charge is 0.339 e. The molecule has 5 nitrogen and oxygen atoms in total. The highest BCUT2D eigenvalue weighted by molar-refractivity contribution is 8.00. The summed E-state index contributed by atoms with van der Waals surface area (Å²) in [6.45, 7) is 8.95. The Bertz CT molecular complexity index is 709. The fourth-order valence-corrected chi connectivity index (χ4v) is 5.00. The van der Waals surface area contributed by atoms with E-state index in [0.29, 0.717) is 36.8 Å². The van der Waals surface area contributed by atoms with E-state index in [4.69, 9.17) is 0 Å². The van der Waals surface area contributed by atoms with Gasteiger partial charge >= 0.3 is 0 Å². The van der Waals surface area contributed by atoms with Crippen molar-refractivity contribution < 1.29 is 13.2 Å². The normalized spacial score (nSPS) is 16.2. The maximum Gasteiger partial charge on any atom is 0.243 e. The van der Waals surface area contributed by atoms with Crippen LogP contribution in [0.25, 0.3) is 0 Å². The molecule has 0 radical (unpaired) electrons. The minimum Gasteiger partial charge on any atom is -0.339 e.